The Kier molecular flexibility index (Phi) is 6.67. The maximum atomic E-state index is 12.5. The first-order valence-electron chi connectivity index (χ1n) is 8.07. The highest BCUT2D eigenvalue weighted by Crippen LogP contribution is 2.29. The molecule has 0 aliphatic rings. The van der Waals surface area contributed by atoms with E-state index in [0.29, 0.717) is 28.6 Å². The summed E-state index contributed by atoms with van der Waals surface area (Å²) >= 11 is 0. The Balaban J connectivity index is 2.23. The number of rotatable bonds is 7. The Labute approximate surface area is 158 Å². The molecule has 0 saturated heterocycles. The van der Waals surface area contributed by atoms with Crippen LogP contribution in [0.4, 0.5) is 11.4 Å². The van der Waals surface area contributed by atoms with Gasteiger partial charge in [0.05, 0.1) is 32.7 Å². The molecule has 27 heavy (non-hydrogen) atoms. The van der Waals surface area contributed by atoms with E-state index < -0.39 is 5.91 Å². The fourth-order valence-electron chi connectivity index (χ4n) is 2.33. The van der Waals surface area contributed by atoms with E-state index in [2.05, 4.69) is 10.6 Å². The average Bonchev–Trinajstić information content (AvgIpc) is 2.68. The standard InChI is InChI=1S/C20H21N3O4/c1-13-5-7-18(26-3)16(9-13)22-12-14(11-21)20(24)23-17-10-15(25-2)6-8-19(17)27-4/h5-10,12,22H,1-4H3,(H,23,24)/b14-12-. The number of amides is 1. The fraction of sp³-hybridized carbons (Fsp3) is 0.200. The van der Waals surface area contributed by atoms with Crippen molar-refractivity contribution in [2.24, 2.45) is 0 Å². The maximum Gasteiger partial charge on any atom is 0.267 e. The van der Waals surface area contributed by atoms with Crippen LogP contribution in [-0.4, -0.2) is 27.2 Å². The van der Waals surface area contributed by atoms with E-state index in [-0.39, 0.29) is 5.57 Å². The molecule has 7 heteroatoms. The van der Waals surface area contributed by atoms with Gasteiger partial charge in [-0.15, -0.1) is 0 Å². The van der Waals surface area contributed by atoms with Crippen LogP contribution in [0.15, 0.2) is 48.2 Å². The molecule has 2 N–H and O–H groups in total. The van der Waals surface area contributed by atoms with Gasteiger partial charge in [0.25, 0.3) is 5.91 Å². The summed E-state index contributed by atoms with van der Waals surface area (Å²) in [6.45, 7) is 1.93. The van der Waals surface area contributed by atoms with Gasteiger partial charge < -0.3 is 24.8 Å². The van der Waals surface area contributed by atoms with Crippen molar-refractivity contribution in [2.45, 2.75) is 6.92 Å². The molecule has 0 unspecified atom stereocenters. The second-order valence-electron chi connectivity index (χ2n) is 5.54. The predicted octanol–water partition coefficient (Wildman–Crippen LogP) is 3.48. The molecule has 0 aliphatic carbocycles. The lowest BCUT2D eigenvalue weighted by atomic mass is 10.2. The SMILES string of the molecule is COc1ccc(OC)c(NC(=O)/C(C#N)=C\Nc2cc(C)ccc2OC)c1. The van der Waals surface area contributed by atoms with Crippen LogP contribution in [0.3, 0.4) is 0 Å². The zero-order valence-corrected chi connectivity index (χ0v) is 15.6. The molecule has 0 spiro atoms. The van der Waals surface area contributed by atoms with E-state index in [1.54, 1.807) is 31.4 Å². The van der Waals surface area contributed by atoms with E-state index in [1.165, 1.54) is 20.4 Å². The maximum absolute atomic E-state index is 12.5. The number of nitriles is 1. The summed E-state index contributed by atoms with van der Waals surface area (Å²) in [6.07, 6.45) is 1.33. The van der Waals surface area contributed by atoms with Crippen molar-refractivity contribution in [3.8, 4) is 23.3 Å². The van der Waals surface area contributed by atoms with Crippen LogP contribution in [0.25, 0.3) is 0 Å². The number of anilines is 2. The molecule has 2 rings (SSSR count). The topological polar surface area (TPSA) is 92.6 Å². The summed E-state index contributed by atoms with van der Waals surface area (Å²) in [7, 11) is 4.56. The number of ether oxygens (including phenoxy) is 3. The van der Waals surface area contributed by atoms with Crippen LogP contribution >= 0.6 is 0 Å². The van der Waals surface area contributed by atoms with Gasteiger partial charge in [-0.1, -0.05) is 6.07 Å². The molecule has 0 aliphatic heterocycles. The van der Waals surface area contributed by atoms with Gasteiger partial charge in [0.1, 0.15) is 28.9 Å². The van der Waals surface area contributed by atoms with Gasteiger partial charge in [-0.25, -0.2) is 0 Å². The zero-order valence-electron chi connectivity index (χ0n) is 15.6. The lowest BCUT2D eigenvalue weighted by Crippen LogP contribution is -2.15. The average molecular weight is 367 g/mol. The van der Waals surface area contributed by atoms with Gasteiger partial charge in [-0.2, -0.15) is 5.26 Å². The van der Waals surface area contributed by atoms with E-state index >= 15 is 0 Å². The number of carbonyl (C=O) groups is 1. The molecule has 0 atom stereocenters. The molecule has 1 amide bonds. The molecule has 2 aromatic carbocycles. The highest BCUT2D eigenvalue weighted by molar-refractivity contribution is 6.07. The predicted molar refractivity (Wildman–Crippen MR) is 103 cm³/mol. The minimum absolute atomic E-state index is 0.108. The molecule has 2 aromatic rings. The van der Waals surface area contributed by atoms with E-state index in [0.717, 1.165) is 5.56 Å². The lowest BCUT2D eigenvalue weighted by Gasteiger charge is -2.12. The number of benzene rings is 2. The third-order valence-corrected chi connectivity index (χ3v) is 3.75. The van der Waals surface area contributed by atoms with E-state index in [9.17, 15) is 10.1 Å². The lowest BCUT2D eigenvalue weighted by molar-refractivity contribution is -0.112. The molecular weight excluding hydrogens is 346 g/mol. The zero-order chi connectivity index (χ0) is 19.8. The first-order chi connectivity index (χ1) is 13.0. The number of aryl methyl sites for hydroxylation is 1. The number of carbonyl (C=O) groups excluding carboxylic acids is 1. The smallest absolute Gasteiger partial charge is 0.267 e. The van der Waals surface area contributed by atoms with Crippen molar-refractivity contribution in [1.82, 2.24) is 0 Å². The highest BCUT2D eigenvalue weighted by Gasteiger charge is 2.14. The van der Waals surface area contributed by atoms with E-state index in [1.807, 2.05) is 25.1 Å². The van der Waals surface area contributed by atoms with Crippen LogP contribution in [0, 0.1) is 18.3 Å². The van der Waals surface area contributed by atoms with Crippen molar-refractivity contribution < 1.29 is 19.0 Å². The Morgan fingerprint density at radius 1 is 1.00 bits per heavy atom. The second kappa shape index (κ2) is 9.15. The second-order valence-corrected chi connectivity index (χ2v) is 5.54. The molecular formula is C20H21N3O4. The molecule has 0 heterocycles. The Morgan fingerprint density at radius 3 is 2.30 bits per heavy atom. The number of hydrogen-bond donors (Lipinski definition) is 2. The van der Waals surface area contributed by atoms with Crippen molar-refractivity contribution in [3.63, 3.8) is 0 Å². The molecule has 140 valence electrons. The van der Waals surface area contributed by atoms with Gasteiger partial charge in [0, 0.05) is 12.3 Å². The molecule has 0 aromatic heterocycles. The van der Waals surface area contributed by atoms with Gasteiger partial charge in [-0.05, 0) is 36.8 Å². The summed E-state index contributed by atoms with van der Waals surface area (Å²) in [6, 6.07) is 12.4. The third kappa shape index (κ3) is 4.92. The van der Waals surface area contributed by atoms with Gasteiger partial charge in [0.2, 0.25) is 0 Å². The number of hydrogen-bond acceptors (Lipinski definition) is 6. The van der Waals surface area contributed by atoms with Crippen LogP contribution in [0.5, 0.6) is 17.2 Å². The summed E-state index contributed by atoms with van der Waals surface area (Å²) in [5, 5.41) is 15.0. The normalized spacial score (nSPS) is 10.6. The van der Waals surface area contributed by atoms with Crippen LogP contribution in [0.2, 0.25) is 0 Å². The summed E-state index contributed by atoms with van der Waals surface area (Å²) in [4.78, 5) is 12.5. The minimum Gasteiger partial charge on any atom is -0.497 e. The summed E-state index contributed by atoms with van der Waals surface area (Å²) < 4.78 is 15.7. The van der Waals surface area contributed by atoms with Gasteiger partial charge in [0.15, 0.2) is 0 Å². The van der Waals surface area contributed by atoms with Crippen LogP contribution < -0.4 is 24.8 Å². The Bertz CT molecular complexity index is 901. The summed E-state index contributed by atoms with van der Waals surface area (Å²) in [5.41, 5.74) is 1.95. The third-order valence-electron chi connectivity index (χ3n) is 3.75. The first kappa shape index (κ1) is 19.7. The quantitative estimate of drug-likeness (QED) is 0.575. The number of nitrogens with one attached hydrogen (secondary N) is 2. The Hall–Kier alpha value is -3.66. The summed E-state index contributed by atoms with van der Waals surface area (Å²) in [5.74, 6) is 1.03. The number of methoxy groups -OCH3 is 3. The van der Waals surface area contributed by atoms with Crippen molar-refractivity contribution in [3.05, 3.63) is 53.7 Å². The molecule has 0 saturated carbocycles. The van der Waals surface area contributed by atoms with Crippen molar-refractivity contribution in [1.29, 1.82) is 5.26 Å². The van der Waals surface area contributed by atoms with Gasteiger partial charge >= 0.3 is 0 Å². The molecule has 0 radical (unpaired) electrons. The molecule has 7 nitrogen and oxygen atoms in total. The molecule has 0 bridgehead atoms. The minimum atomic E-state index is -0.580. The highest BCUT2D eigenvalue weighted by atomic mass is 16.5. The molecule has 0 fully saturated rings. The largest absolute Gasteiger partial charge is 0.497 e. The van der Waals surface area contributed by atoms with Crippen molar-refractivity contribution in [2.75, 3.05) is 32.0 Å². The fourth-order valence-corrected chi connectivity index (χ4v) is 2.33. The first-order valence-corrected chi connectivity index (χ1v) is 8.07. The van der Waals surface area contributed by atoms with Crippen LogP contribution in [-0.2, 0) is 4.79 Å². The van der Waals surface area contributed by atoms with E-state index in [4.69, 9.17) is 14.2 Å². The Morgan fingerprint density at radius 2 is 1.67 bits per heavy atom. The number of nitrogens with zero attached hydrogens (tertiary/aromatic N) is 1. The van der Waals surface area contributed by atoms with Crippen molar-refractivity contribution >= 4 is 17.3 Å². The monoisotopic (exact) mass is 367 g/mol. The van der Waals surface area contributed by atoms with Gasteiger partial charge in [-0.3, -0.25) is 4.79 Å². The van der Waals surface area contributed by atoms with Crippen LogP contribution in [0.1, 0.15) is 5.56 Å².